The Bertz CT molecular complexity index is 817. The lowest BCUT2D eigenvalue weighted by atomic mass is 9.98. The van der Waals surface area contributed by atoms with Crippen LogP contribution in [0.2, 0.25) is 0 Å². The maximum atomic E-state index is 5.30. The van der Waals surface area contributed by atoms with E-state index in [4.69, 9.17) is 4.52 Å². The van der Waals surface area contributed by atoms with Crippen LogP contribution in [0.15, 0.2) is 41.1 Å². The molecule has 0 N–H and O–H groups in total. The minimum atomic E-state index is 0.380. The minimum Gasteiger partial charge on any atom is -0.361 e. The fourth-order valence-corrected chi connectivity index (χ4v) is 3.70. The molecule has 1 aromatic carbocycles. The van der Waals surface area contributed by atoms with Crippen molar-refractivity contribution in [1.82, 2.24) is 14.6 Å². The maximum absolute atomic E-state index is 5.30. The molecule has 4 nitrogen and oxygen atoms in total. The summed E-state index contributed by atoms with van der Waals surface area (Å²) in [6, 6.07) is 11.4. The zero-order valence-electron chi connectivity index (χ0n) is 13.8. The van der Waals surface area contributed by atoms with Crippen LogP contribution in [0.1, 0.15) is 42.3 Å². The third-order valence-corrected chi connectivity index (χ3v) is 4.94. The molecule has 0 aliphatic carbocycles. The molecule has 1 atom stereocenters. The molecule has 3 heterocycles. The number of fused-ring (bicyclic) bond motifs is 1. The Hall–Kier alpha value is -2.07. The average molecular weight is 309 g/mol. The lowest BCUT2D eigenvalue weighted by Crippen LogP contribution is -2.33. The Morgan fingerprint density at radius 3 is 2.96 bits per heavy atom. The van der Waals surface area contributed by atoms with Gasteiger partial charge in [-0.25, -0.2) is 0 Å². The summed E-state index contributed by atoms with van der Waals surface area (Å²) in [6.45, 7) is 4.06. The van der Waals surface area contributed by atoms with Gasteiger partial charge in [0.2, 0.25) is 0 Å². The minimum absolute atomic E-state index is 0.380. The highest BCUT2D eigenvalue weighted by Gasteiger charge is 2.26. The highest BCUT2D eigenvalue weighted by atomic mass is 16.5. The van der Waals surface area contributed by atoms with Crippen LogP contribution in [-0.4, -0.2) is 21.2 Å². The van der Waals surface area contributed by atoms with Gasteiger partial charge in [-0.1, -0.05) is 23.7 Å². The van der Waals surface area contributed by atoms with Crippen LogP contribution >= 0.6 is 0 Å². The molecule has 1 aliphatic heterocycles. The second-order valence-corrected chi connectivity index (χ2v) is 6.66. The number of hydrogen-bond donors (Lipinski definition) is 0. The normalized spacial score (nSPS) is 19.5. The van der Waals surface area contributed by atoms with Crippen molar-refractivity contribution >= 4 is 10.9 Å². The van der Waals surface area contributed by atoms with Gasteiger partial charge in [-0.2, -0.15) is 0 Å². The van der Waals surface area contributed by atoms with Crippen molar-refractivity contribution < 1.29 is 4.52 Å². The van der Waals surface area contributed by atoms with E-state index in [1.165, 1.54) is 35.7 Å². The van der Waals surface area contributed by atoms with Crippen LogP contribution in [0.4, 0.5) is 0 Å². The van der Waals surface area contributed by atoms with E-state index in [2.05, 4.69) is 58.2 Å². The first-order valence-electron chi connectivity index (χ1n) is 8.42. The second kappa shape index (κ2) is 5.85. The maximum Gasteiger partial charge on any atom is 0.133 e. The van der Waals surface area contributed by atoms with Crippen molar-refractivity contribution in [3.05, 3.63) is 53.5 Å². The van der Waals surface area contributed by atoms with Gasteiger partial charge in [0.25, 0.3) is 0 Å². The number of benzene rings is 1. The zero-order chi connectivity index (χ0) is 15.8. The van der Waals surface area contributed by atoms with Crippen LogP contribution in [0.5, 0.6) is 0 Å². The standard InChI is InChI=1S/C19H23N3O/c1-14-11-17(20-23-14)18-5-3-4-9-22(18)13-15-6-7-16-8-10-21(2)19(16)12-15/h6-8,10-12,18H,3-5,9,13H2,1-2H3. The van der Waals surface area contributed by atoms with Gasteiger partial charge in [0.15, 0.2) is 0 Å². The fraction of sp³-hybridized carbons (Fsp3) is 0.421. The van der Waals surface area contributed by atoms with Gasteiger partial charge in [0.1, 0.15) is 11.5 Å². The van der Waals surface area contributed by atoms with Crippen molar-refractivity contribution in [1.29, 1.82) is 0 Å². The van der Waals surface area contributed by atoms with E-state index in [-0.39, 0.29) is 0 Å². The highest BCUT2D eigenvalue weighted by Crippen LogP contribution is 2.32. The van der Waals surface area contributed by atoms with Crippen LogP contribution in [-0.2, 0) is 13.6 Å². The van der Waals surface area contributed by atoms with E-state index in [9.17, 15) is 0 Å². The lowest BCUT2D eigenvalue weighted by Gasteiger charge is -2.34. The SMILES string of the molecule is Cc1cc(C2CCCCN2Cc2ccc3ccn(C)c3c2)no1. The summed E-state index contributed by atoms with van der Waals surface area (Å²) in [7, 11) is 2.11. The van der Waals surface area contributed by atoms with Crippen molar-refractivity contribution in [3.8, 4) is 0 Å². The summed E-state index contributed by atoms with van der Waals surface area (Å²) in [5.74, 6) is 0.899. The lowest BCUT2D eigenvalue weighted by molar-refractivity contribution is 0.134. The van der Waals surface area contributed by atoms with Gasteiger partial charge in [0, 0.05) is 31.4 Å². The molecule has 1 aliphatic rings. The molecule has 23 heavy (non-hydrogen) atoms. The summed E-state index contributed by atoms with van der Waals surface area (Å²) < 4.78 is 7.49. The molecule has 3 aromatic rings. The number of aryl methyl sites for hydroxylation is 2. The van der Waals surface area contributed by atoms with E-state index >= 15 is 0 Å². The van der Waals surface area contributed by atoms with Gasteiger partial charge in [-0.3, -0.25) is 4.90 Å². The Morgan fingerprint density at radius 1 is 1.22 bits per heavy atom. The van der Waals surface area contributed by atoms with Gasteiger partial charge < -0.3 is 9.09 Å². The quantitative estimate of drug-likeness (QED) is 0.727. The molecule has 0 amide bonds. The molecule has 1 fully saturated rings. The molecule has 2 aromatic heterocycles. The first-order chi connectivity index (χ1) is 11.2. The Labute approximate surface area is 136 Å². The van der Waals surface area contributed by atoms with E-state index in [0.29, 0.717) is 6.04 Å². The van der Waals surface area contributed by atoms with Crippen molar-refractivity contribution in [2.24, 2.45) is 7.05 Å². The largest absolute Gasteiger partial charge is 0.361 e. The second-order valence-electron chi connectivity index (χ2n) is 6.66. The van der Waals surface area contributed by atoms with Gasteiger partial charge in [0.05, 0.1) is 6.04 Å². The topological polar surface area (TPSA) is 34.2 Å². The molecule has 4 heteroatoms. The number of rotatable bonds is 3. The van der Waals surface area contributed by atoms with Crippen LogP contribution in [0.25, 0.3) is 10.9 Å². The van der Waals surface area contributed by atoms with Crippen molar-refractivity contribution in [2.75, 3.05) is 6.54 Å². The van der Waals surface area contributed by atoms with Gasteiger partial charge in [-0.05, 0) is 49.4 Å². The first-order valence-corrected chi connectivity index (χ1v) is 8.42. The fourth-order valence-electron chi connectivity index (χ4n) is 3.70. The molecular formula is C19H23N3O. The molecule has 0 bridgehead atoms. The first kappa shape index (κ1) is 14.5. The highest BCUT2D eigenvalue weighted by molar-refractivity contribution is 5.80. The third-order valence-electron chi connectivity index (χ3n) is 4.94. The predicted octanol–water partition coefficient (Wildman–Crippen LogP) is 4.20. The molecule has 1 saturated heterocycles. The third kappa shape index (κ3) is 2.79. The Morgan fingerprint density at radius 2 is 2.13 bits per heavy atom. The molecule has 4 rings (SSSR count). The summed E-state index contributed by atoms with van der Waals surface area (Å²) in [5, 5.41) is 5.57. The molecule has 0 radical (unpaired) electrons. The number of aromatic nitrogens is 2. The number of likely N-dealkylation sites (tertiary alicyclic amines) is 1. The Kier molecular flexibility index (Phi) is 3.69. The monoisotopic (exact) mass is 309 g/mol. The van der Waals surface area contributed by atoms with Crippen molar-refractivity contribution in [3.63, 3.8) is 0 Å². The van der Waals surface area contributed by atoms with Gasteiger partial charge >= 0.3 is 0 Å². The van der Waals surface area contributed by atoms with Crippen molar-refractivity contribution in [2.45, 2.75) is 38.8 Å². The number of nitrogens with zero attached hydrogens (tertiary/aromatic N) is 3. The molecule has 120 valence electrons. The number of piperidine rings is 1. The smallest absolute Gasteiger partial charge is 0.133 e. The molecule has 1 unspecified atom stereocenters. The molecular weight excluding hydrogens is 286 g/mol. The van der Waals surface area contributed by atoms with E-state index in [1.54, 1.807) is 0 Å². The Balaban J connectivity index is 1.60. The number of hydrogen-bond acceptors (Lipinski definition) is 3. The van der Waals surface area contributed by atoms with Crippen LogP contribution < -0.4 is 0 Å². The van der Waals surface area contributed by atoms with Gasteiger partial charge in [-0.15, -0.1) is 0 Å². The van der Waals surface area contributed by atoms with E-state index in [0.717, 1.165) is 24.5 Å². The van der Waals surface area contributed by atoms with Crippen LogP contribution in [0.3, 0.4) is 0 Å². The average Bonchev–Trinajstić information content (AvgIpc) is 3.15. The summed E-state index contributed by atoms with van der Waals surface area (Å²) in [5.41, 5.74) is 3.75. The zero-order valence-corrected chi connectivity index (χ0v) is 13.8. The summed E-state index contributed by atoms with van der Waals surface area (Å²) in [6.07, 6.45) is 5.82. The predicted molar refractivity (Wildman–Crippen MR) is 91.2 cm³/mol. The van der Waals surface area contributed by atoms with E-state index < -0.39 is 0 Å². The molecule has 0 saturated carbocycles. The van der Waals surface area contributed by atoms with Crippen LogP contribution in [0, 0.1) is 6.92 Å². The molecule has 0 spiro atoms. The summed E-state index contributed by atoms with van der Waals surface area (Å²) in [4.78, 5) is 2.55. The van der Waals surface area contributed by atoms with E-state index in [1.807, 2.05) is 6.92 Å². The summed E-state index contributed by atoms with van der Waals surface area (Å²) >= 11 is 0.